The van der Waals surface area contributed by atoms with Crippen molar-refractivity contribution in [1.82, 2.24) is 0 Å². The van der Waals surface area contributed by atoms with E-state index in [1.165, 1.54) is 0 Å². The lowest BCUT2D eigenvalue weighted by Gasteiger charge is -1.95. The van der Waals surface area contributed by atoms with Crippen LogP contribution in [0.4, 0.5) is 0 Å². The van der Waals surface area contributed by atoms with Crippen LogP contribution in [0.5, 0.6) is 0 Å². The predicted molar refractivity (Wildman–Crippen MR) is 31.9 cm³/mol. The van der Waals surface area contributed by atoms with Crippen LogP contribution in [0.15, 0.2) is 24.3 Å². The number of ether oxygens (including phenoxy) is 1. The van der Waals surface area contributed by atoms with Crippen molar-refractivity contribution in [3.05, 3.63) is 24.3 Å². The molecule has 0 radical (unpaired) electrons. The van der Waals surface area contributed by atoms with E-state index >= 15 is 0 Å². The summed E-state index contributed by atoms with van der Waals surface area (Å²) in [6.07, 6.45) is 8.26. The SMILES string of the molecule is O=CC12C=CC=CC1O2. The molecule has 0 aromatic heterocycles. The van der Waals surface area contributed by atoms with Gasteiger partial charge in [0.2, 0.25) is 0 Å². The molecule has 2 nitrogen and oxygen atoms in total. The van der Waals surface area contributed by atoms with Crippen LogP contribution in [0.1, 0.15) is 0 Å². The summed E-state index contributed by atoms with van der Waals surface area (Å²) >= 11 is 0. The van der Waals surface area contributed by atoms with Gasteiger partial charge in [0.15, 0.2) is 11.9 Å². The van der Waals surface area contributed by atoms with Gasteiger partial charge in [0.1, 0.15) is 6.10 Å². The van der Waals surface area contributed by atoms with Gasteiger partial charge in [0, 0.05) is 0 Å². The Kier molecular flexibility index (Phi) is 0.732. The molecular weight excluding hydrogens is 116 g/mol. The number of allylic oxidation sites excluding steroid dienone is 2. The number of rotatable bonds is 1. The van der Waals surface area contributed by atoms with Crippen LogP contribution in [0.3, 0.4) is 0 Å². The lowest BCUT2D eigenvalue weighted by atomic mass is 10.0. The third-order valence-corrected chi connectivity index (χ3v) is 1.66. The normalized spacial score (nSPS) is 44.2. The van der Waals surface area contributed by atoms with Crippen LogP contribution in [-0.4, -0.2) is 18.0 Å². The maximum atomic E-state index is 10.3. The molecule has 46 valence electrons. The number of fused-ring (bicyclic) bond motifs is 1. The maximum absolute atomic E-state index is 10.3. The Morgan fingerprint density at radius 2 is 2.44 bits per heavy atom. The number of hydrogen-bond acceptors (Lipinski definition) is 2. The average molecular weight is 122 g/mol. The predicted octanol–water partition coefficient (Wildman–Crippen LogP) is 0.449. The highest BCUT2D eigenvalue weighted by Gasteiger charge is 2.53. The van der Waals surface area contributed by atoms with Crippen LogP contribution in [0.2, 0.25) is 0 Å². The monoisotopic (exact) mass is 122 g/mol. The summed E-state index contributed by atoms with van der Waals surface area (Å²) in [5.41, 5.74) is -0.561. The van der Waals surface area contributed by atoms with E-state index in [-0.39, 0.29) is 6.10 Å². The molecule has 0 bridgehead atoms. The molecule has 0 saturated carbocycles. The summed E-state index contributed by atoms with van der Waals surface area (Å²) < 4.78 is 5.07. The largest absolute Gasteiger partial charge is 0.349 e. The minimum atomic E-state index is -0.561. The molecule has 0 amide bonds. The van der Waals surface area contributed by atoms with E-state index < -0.39 is 5.60 Å². The smallest absolute Gasteiger partial charge is 0.172 e. The molecule has 0 N–H and O–H groups in total. The van der Waals surface area contributed by atoms with Crippen molar-refractivity contribution < 1.29 is 9.53 Å². The zero-order chi connectivity index (χ0) is 6.32. The summed E-state index contributed by atoms with van der Waals surface area (Å²) in [6, 6.07) is 0. The Hall–Kier alpha value is -0.890. The topological polar surface area (TPSA) is 29.6 Å². The fourth-order valence-electron chi connectivity index (χ4n) is 1.01. The summed E-state index contributed by atoms with van der Waals surface area (Å²) in [6.45, 7) is 0. The Morgan fingerprint density at radius 1 is 1.56 bits per heavy atom. The molecule has 1 saturated heterocycles. The lowest BCUT2D eigenvalue weighted by Crippen LogP contribution is -2.13. The zero-order valence-electron chi connectivity index (χ0n) is 4.78. The van der Waals surface area contributed by atoms with Gasteiger partial charge in [-0.1, -0.05) is 18.2 Å². The molecule has 1 aliphatic carbocycles. The van der Waals surface area contributed by atoms with Crippen molar-refractivity contribution in [1.29, 1.82) is 0 Å². The van der Waals surface area contributed by atoms with Crippen molar-refractivity contribution in [3.63, 3.8) is 0 Å². The highest BCUT2D eigenvalue weighted by molar-refractivity contribution is 5.73. The maximum Gasteiger partial charge on any atom is 0.172 e. The van der Waals surface area contributed by atoms with Crippen LogP contribution in [0.25, 0.3) is 0 Å². The highest BCUT2D eigenvalue weighted by Crippen LogP contribution is 2.38. The number of epoxide rings is 1. The molecule has 0 aromatic carbocycles. The van der Waals surface area contributed by atoms with Crippen molar-refractivity contribution in [2.45, 2.75) is 11.7 Å². The van der Waals surface area contributed by atoms with Gasteiger partial charge in [-0.15, -0.1) is 0 Å². The fraction of sp³-hybridized carbons (Fsp3) is 0.286. The van der Waals surface area contributed by atoms with Gasteiger partial charge in [0.05, 0.1) is 0 Å². The third kappa shape index (κ3) is 0.508. The van der Waals surface area contributed by atoms with Crippen LogP contribution >= 0.6 is 0 Å². The lowest BCUT2D eigenvalue weighted by molar-refractivity contribution is -0.110. The summed E-state index contributed by atoms with van der Waals surface area (Å²) in [5, 5.41) is 0. The third-order valence-electron chi connectivity index (χ3n) is 1.66. The molecule has 1 heterocycles. The zero-order valence-corrected chi connectivity index (χ0v) is 4.78. The summed E-state index contributed by atoms with van der Waals surface area (Å²) in [5.74, 6) is 0. The first-order valence-electron chi connectivity index (χ1n) is 2.87. The van der Waals surface area contributed by atoms with E-state index in [1.54, 1.807) is 6.08 Å². The molecule has 0 aromatic rings. The van der Waals surface area contributed by atoms with E-state index in [9.17, 15) is 4.79 Å². The second-order valence-corrected chi connectivity index (χ2v) is 2.25. The second kappa shape index (κ2) is 1.33. The number of aldehydes is 1. The van der Waals surface area contributed by atoms with Gasteiger partial charge < -0.3 is 4.74 Å². The molecule has 2 atom stereocenters. The molecule has 2 heteroatoms. The minimum absolute atomic E-state index is 0.0278. The second-order valence-electron chi connectivity index (χ2n) is 2.25. The van der Waals surface area contributed by atoms with Gasteiger partial charge in [-0.05, 0) is 6.08 Å². The first kappa shape index (κ1) is 4.94. The molecule has 2 unspecified atom stereocenters. The Morgan fingerprint density at radius 3 is 3.00 bits per heavy atom. The van der Waals surface area contributed by atoms with Crippen LogP contribution in [0, 0.1) is 0 Å². The van der Waals surface area contributed by atoms with E-state index in [2.05, 4.69) is 0 Å². The molecule has 2 rings (SSSR count). The Balaban J connectivity index is 2.32. The summed E-state index contributed by atoms with van der Waals surface area (Å²) in [7, 11) is 0. The van der Waals surface area contributed by atoms with Gasteiger partial charge in [0.25, 0.3) is 0 Å². The van der Waals surface area contributed by atoms with Crippen molar-refractivity contribution >= 4 is 6.29 Å². The molecule has 9 heavy (non-hydrogen) atoms. The molecule has 0 spiro atoms. The van der Waals surface area contributed by atoms with Gasteiger partial charge >= 0.3 is 0 Å². The Labute approximate surface area is 52.8 Å². The quantitative estimate of drug-likeness (QED) is 0.373. The molecule has 1 aliphatic heterocycles. The van der Waals surface area contributed by atoms with Gasteiger partial charge in [-0.3, -0.25) is 4.79 Å². The number of carbonyl (C=O) groups is 1. The number of hydrogen-bond donors (Lipinski definition) is 0. The molecule has 2 aliphatic rings. The van der Waals surface area contributed by atoms with Crippen molar-refractivity contribution in [2.24, 2.45) is 0 Å². The fourth-order valence-corrected chi connectivity index (χ4v) is 1.01. The first-order valence-corrected chi connectivity index (χ1v) is 2.87. The van der Waals surface area contributed by atoms with Crippen LogP contribution in [-0.2, 0) is 9.53 Å². The number of carbonyl (C=O) groups excluding carboxylic acids is 1. The molecular formula is C7H6O2. The highest BCUT2D eigenvalue weighted by atomic mass is 16.6. The van der Waals surface area contributed by atoms with E-state index in [0.29, 0.717) is 0 Å². The standard InChI is InChI=1S/C7H6O2/c8-5-7-4-2-1-3-6(7)9-7/h1-6H. The van der Waals surface area contributed by atoms with E-state index in [4.69, 9.17) is 4.74 Å². The average Bonchev–Trinajstić information content (AvgIpc) is 2.62. The Bertz CT molecular complexity index is 205. The van der Waals surface area contributed by atoms with E-state index in [1.807, 2.05) is 18.2 Å². The van der Waals surface area contributed by atoms with Gasteiger partial charge in [-0.25, -0.2) is 0 Å². The molecule has 1 fully saturated rings. The van der Waals surface area contributed by atoms with Crippen LogP contribution < -0.4 is 0 Å². The minimum Gasteiger partial charge on any atom is -0.349 e. The van der Waals surface area contributed by atoms with Crippen molar-refractivity contribution in [3.8, 4) is 0 Å². The van der Waals surface area contributed by atoms with E-state index in [0.717, 1.165) is 6.29 Å². The first-order chi connectivity index (χ1) is 4.37. The summed E-state index contributed by atoms with van der Waals surface area (Å²) in [4.78, 5) is 10.3. The van der Waals surface area contributed by atoms with Crippen molar-refractivity contribution in [2.75, 3.05) is 0 Å². The van der Waals surface area contributed by atoms with Gasteiger partial charge in [-0.2, -0.15) is 0 Å².